The molecule has 2 aromatic heterocycles. The smallest absolute Gasteiger partial charge is 0.143 e. The summed E-state index contributed by atoms with van der Waals surface area (Å²) in [5, 5.41) is 5.26. The van der Waals surface area contributed by atoms with Crippen LogP contribution in [-0.2, 0) is 11.8 Å². The third-order valence-electron chi connectivity index (χ3n) is 2.76. The lowest BCUT2D eigenvalue weighted by molar-refractivity contribution is 0.559. The molecule has 3 nitrogen and oxygen atoms in total. The topological polar surface area (TPSA) is 37.8 Å². The Balaban J connectivity index is 2.45. The molecule has 0 spiro atoms. The summed E-state index contributed by atoms with van der Waals surface area (Å²) in [5.74, 6) is 1.81. The number of thiophene rings is 1. The van der Waals surface area contributed by atoms with Crippen molar-refractivity contribution in [3.8, 4) is 0 Å². The van der Waals surface area contributed by atoms with Crippen LogP contribution in [0.1, 0.15) is 37.2 Å². The Bertz CT molecular complexity index is 559. The van der Waals surface area contributed by atoms with E-state index in [1.54, 1.807) is 11.3 Å². The molecule has 1 N–H and O–H groups in total. The third-order valence-corrected chi connectivity index (χ3v) is 4.66. The van der Waals surface area contributed by atoms with E-state index < -0.39 is 0 Å². The number of nitrogens with one attached hydrogen (secondary N) is 1. The molecule has 2 aromatic rings. The van der Waals surface area contributed by atoms with Crippen LogP contribution in [0.5, 0.6) is 0 Å². The fraction of sp³-hybridized carbons (Fsp3) is 0.429. The van der Waals surface area contributed by atoms with Crippen molar-refractivity contribution in [2.45, 2.75) is 32.6 Å². The van der Waals surface area contributed by atoms with E-state index in [0.29, 0.717) is 0 Å². The molecule has 2 heterocycles. The van der Waals surface area contributed by atoms with Crippen LogP contribution >= 0.6 is 33.9 Å². The van der Waals surface area contributed by atoms with Crippen molar-refractivity contribution in [2.75, 3.05) is 12.4 Å². The minimum Gasteiger partial charge on any atom is -0.372 e. The number of halogens is 1. The molecule has 0 bridgehead atoms. The highest BCUT2D eigenvalue weighted by atomic mass is 127. The zero-order chi connectivity index (χ0) is 14.0. The van der Waals surface area contributed by atoms with Crippen LogP contribution in [0.15, 0.2) is 17.5 Å². The van der Waals surface area contributed by atoms with E-state index in [-0.39, 0.29) is 5.41 Å². The van der Waals surface area contributed by atoms with Gasteiger partial charge in [0, 0.05) is 23.8 Å². The molecule has 0 aliphatic heterocycles. The van der Waals surface area contributed by atoms with Gasteiger partial charge in [0.2, 0.25) is 0 Å². The molecular formula is C14H18IN3S. The van der Waals surface area contributed by atoms with Gasteiger partial charge in [-0.05, 0) is 34.0 Å². The van der Waals surface area contributed by atoms with E-state index in [1.165, 1.54) is 4.88 Å². The fourth-order valence-corrected chi connectivity index (χ4v) is 3.83. The first-order valence-corrected chi connectivity index (χ1v) is 8.14. The SMILES string of the molecule is CNc1nc(Cc2cccs2)nc(C(C)(C)C)c1I. The fourth-order valence-electron chi connectivity index (χ4n) is 1.80. The number of anilines is 1. The summed E-state index contributed by atoms with van der Waals surface area (Å²) in [7, 11) is 1.91. The highest BCUT2D eigenvalue weighted by Gasteiger charge is 2.22. The van der Waals surface area contributed by atoms with Crippen LogP contribution < -0.4 is 5.32 Å². The van der Waals surface area contributed by atoms with Crippen LogP contribution in [0.2, 0.25) is 0 Å². The van der Waals surface area contributed by atoms with Crippen molar-refractivity contribution in [3.05, 3.63) is 37.5 Å². The van der Waals surface area contributed by atoms with Crippen LogP contribution in [0, 0.1) is 3.57 Å². The van der Waals surface area contributed by atoms with Crippen molar-refractivity contribution in [1.29, 1.82) is 0 Å². The molecular weight excluding hydrogens is 369 g/mol. The summed E-state index contributed by atoms with van der Waals surface area (Å²) in [4.78, 5) is 10.7. The average molecular weight is 387 g/mol. The van der Waals surface area contributed by atoms with Crippen molar-refractivity contribution >= 4 is 39.7 Å². The van der Waals surface area contributed by atoms with Crippen molar-refractivity contribution < 1.29 is 0 Å². The molecule has 0 unspecified atom stereocenters. The van der Waals surface area contributed by atoms with Crippen molar-refractivity contribution in [1.82, 2.24) is 9.97 Å². The maximum absolute atomic E-state index is 4.78. The summed E-state index contributed by atoms with van der Waals surface area (Å²) in [6.07, 6.45) is 0.798. The molecule has 0 saturated carbocycles. The normalized spacial score (nSPS) is 11.6. The van der Waals surface area contributed by atoms with Crippen molar-refractivity contribution in [3.63, 3.8) is 0 Å². The molecule has 0 aromatic carbocycles. The van der Waals surface area contributed by atoms with E-state index in [1.807, 2.05) is 7.05 Å². The van der Waals surface area contributed by atoms with Gasteiger partial charge in [-0.2, -0.15) is 0 Å². The molecule has 5 heteroatoms. The largest absolute Gasteiger partial charge is 0.372 e. The number of nitrogens with zero attached hydrogens (tertiary/aromatic N) is 2. The van der Waals surface area contributed by atoms with Gasteiger partial charge in [0.1, 0.15) is 11.6 Å². The molecule has 0 saturated heterocycles. The Labute approximate surface area is 132 Å². The van der Waals surface area contributed by atoms with Gasteiger partial charge in [0.15, 0.2) is 0 Å². The highest BCUT2D eigenvalue weighted by molar-refractivity contribution is 14.1. The van der Waals surface area contributed by atoms with E-state index in [2.05, 4.69) is 71.2 Å². The Morgan fingerprint density at radius 1 is 1.32 bits per heavy atom. The van der Waals surface area contributed by atoms with Crippen LogP contribution in [0.3, 0.4) is 0 Å². The van der Waals surface area contributed by atoms with E-state index >= 15 is 0 Å². The molecule has 0 amide bonds. The maximum atomic E-state index is 4.78. The number of rotatable bonds is 3. The van der Waals surface area contributed by atoms with Crippen LogP contribution in [-0.4, -0.2) is 17.0 Å². The summed E-state index contributed by atoms with van der Waals surface area (Å²) in [6, 6.07) is 4.19. The second kappa shape index (κ2) is 5.75. The van der Waals surface area contributed by atoms with Gasteiger partial charge in [-0.15, -0.1) is 11.3 Å². The van der Waals surface area contributed by atoms with Gasteiger partial charge >= 0.3 is 0 Å². The van der Waals surface area contributed by atoms with Crippen LogP contribution in [0.25, 0.3) is 0 Å². The van der Waals surface area contributed by atoms with Gasteiger partial charge in [-0.25, -0.2) is 9.97 Å². The molecule has 0 aliphatic carbocycles. The quantitative estimate of drug-likeness (QED) is 0.807. The number of hydrogen-bond donors (Lipinski definition) is 1. The summed E-state index contributed by atoms with van der Waals surface area (Å²) in [5.41, 5.74) is 1.13. The van der Waals surface area contributed by atoms with Crippen molar-refractivity contribution in [2.24, 2.45) is 0 Å². The lowest BCUT2D eigenvalue weighted by atomic mass is 9.92. The lowest BCUT2D eigenvalue weighted by Crippen LogP contribution is -2.19. The Morgan fingerprint density at radius 2 is 2.05 bits per heavy atom. The molecule has 0 fully saturated rings. The Hall–Kier alpha value is -0.690. The average Bonchev–Trinajstić information content (AvgIpc) is 2.82. The zero-order valence-electron chi connectivity index (χ0n) is 11.6. The Morgan fingerprint density at radius 3 is 2.58 bits per heavy atom. The van der Waals surface area contributed by atoms with Gasteiger partial charge in [0.05, 0.1) is 9.26 Å². The van der Waals surface area contributed by atoms with Gasteiger partial charge in [-0.1, -0.05) is 26.8 Å². The third kappa shape index (κ3) is 3.45. The van der Waals surface area contributed by atoms with Gasteiger partial charge in [-0.3, -0.25) is 0 Å². The molecule has 19 heavy (non-hydrogen) atoms. The minimum atomic E-state index is 0.0231. The van der Waals surface area contributed by atoms with Gasteiger partial charge < -0.3 is 5.32 Å². The second-order valence-corrected chi connectivity index (χ2v) is 7.52. The first-order valence-electron chi connectivity index (χ1n) is 6.19. The monoisotopic (exact) mass is 387 g/mol. The zero-order valence-corrected chi connectivity index (χ0v) is 14.6. The second-order valence-electron chi connectivity index (χ2n) is 5.41. The van der Waals surface area contributed by atoms with E-state index in [4.69, 9.17) is 4.98 Å². The minimum absolute atomic E-state index is 0.0231. The number of hydrogen-bond acceptors (Lipinski definition) is 4. The predicted octanol–water partition coefficient (Wildman–Crippen LogP) is 4.07. The molecule has 0 atom stereocenters. The molecule has 0 aliphatic rings. The van der Waals surface area contributed by atoms with Gasteiger partial charge in [0.25, 0.3) is 0 Å². The molecule has 102 valence electrons. The maximum Gasteiger partial charge on any atom is 0.143 e. The van der Waals surface area contributed by atoms with Crippen LogP contribution in [0.4, 0.5) is 5.82 Å². The highest BCUT2D eigenvalue weighted by Crippen LogP contribution is 2.29. The standard InChI is InChI=1S/C14H18IN3S/c1-14(2,3)12-11(15)13(16-4)18-10(17-12)8-9-6-5-7-19-9/h5-7H,8H2,1-4H3,(H,16,17,18). The summed E-state index contributed by atoms with van der Waals surface area (Å²) in [6.45, 7) is 6.56. The first-order chi connectivity index (χ1) is 8.91. The lowest BCUT2D eigenvalue weighted by Gasteiger charge is -2.21. The molecule has 0 radical (unpaired) electrons. The number of aromatic nitrogens is 2. The predicted molar refractivity (Wildman–Crippen MR) is 90.1 cm³/mol. The molecule has 2 rings (SSSR count). The Kier molecular flexibility index (Phi) is 4.45. The van der Waals surface area contributed by atoms with E-state index in [0.717, 1.165) is 27.3 Å². The summed E-state index contributed by atoms with van der Waals surface area (Å²) >= 11 is 4.07. The van der Waals surface area contributed by atoms with E-state index in [9.17, 15) is 0 Å². The first kappa shape index (κ1) is 14.7. The summed E-state index contributed by atoms with van der Waals surface area (Å²) < 4.78 is 1.11.